The van der Waals surface area contributed by atoms with Crippen LogP contribution < -0.4 is 0 Å². The molecule has 10 aromatic carbocycles. The largest absolute Gasteiger partial charge is 0.306 e. The molecule has 4 heterocycles. The number of benzene rings is 10. The van der Waals surface area contributed by atoms with Crippen LogP contribution in [0.1, 0.15) is 27.8 Å². The molecule has 0 radical (unpaired) electrons. The molecule has 4 aromatic heterocycles. The average molecular weight is 896 g/mol. The molecule has 0 aliphatic carbocycles. The Labute approximate surface area is 404 Å². The normalized spacial score (nSPS) is 12.0. The van der Waals surface area contributed by atoms with Crippen LogP contribution in [0.15, 0.2) is 200 Å². The molecule has 5 heteroatoms. The fraction of sp³-hybridized carbons (Fsp3) is 0.0615. The number of nitriles is 1. The van der Waals surface area contributed by atoms with E-state index in [1.807, 2.05) is 0 Å². The molecule has 0 spiro atoms. The zero-order valence-corrected chi connectivity index (χ0v) is 39.3. The number of aromatic nitrogens is 4. The second-order valence-corrected chi connectivity index (χ2v) is 19.1. The lowest BCUT2D eigenvalue weighted by atomic mass is 9.93. The Morgan fingerprint density at radius 1 is 0.286 bits per heavy atom. The van der Waals surface area contributed by atoms with E-state index in [9.17, 15) is 5.26 Å². The van der Waals surface area contributed by atoms with Crippen LogP contribution in [-0.4, -0.2) is 18.3 Å². The van der Waals surface area contributed by atoms with E-state index in [2.05, 4.69) is 252 Å². The average Bonchev–Trinajstić information content (AvgIpc) is 4.10. The highest BCUT2D eigenvalue weighted by Crippen LogP contribution is 2.52. The molecule has 0 N–H and O–H groups in total. The first-order valence-corrected chi connectivity index (χ1v) is 24.1. The first-order chi connectivity index (χ1) is 34.4. The Morgan fingerprint density at radius 2 is 0.557 bits per heavy atom. The van der Waals surface area contributed by atoms with Crippen LogP contribution in [0, 0.1) is 39.0 Å². The van der Waals surface area contributed by atoms with E-state index < -0.39 is 0 Å². The van der Waals surface area contributed by atoms with Gasteiger partial charge in [0, 0.05) is 48.7 Å². The molecule has 0 saturated carbocycles. The van der Waals surface area contributed by atoms with Crippen molar-refractivity contribution in [2.75, 3.05) is 0 Å². The number of aryl methyl sites for hydroxylation is 4. The zero-order valence-electron chi connectivity index (χ0n) is 39.3. The van der Waals surface area contributed by atoms with E-state index in [-0.39, 0.29) is 0 Å². The molecule has 14 rings (SSSR count). The van der Waals surface area contributed by atoms with Gasteiger partial charge in [-0.15, -0.1) is 0 Å². The molecule has 0 aliphatic heterocycles. The first-order valence-electron chi connectivity index (χ1n) is 24.1. The molecule has 0 saturated heterocycles. The summed E-state index contributed by atoms with van der Waals surface area (Å²) in [5.41, 5.74) is 19.2. The van der Waals surface area contributed by atoms with Crippen molar-refractivity contribution in [2.24, 2.45) is 0 Å². The maximum atomic E-state index is 12.7. The van der Waals surface area contributed by atoms with Gasteiger partial charge < -0.3 is 18.3 Å². The molecule has 0 bridgehead atoms. The van der Waals surface area contributed by atoms with Gasteiger partial charge in [-0.3, -0.25) is 0 Å². The minimum atomic E-state index is 0.563. The van der Waals surface area contributed by atoms with Crippen LogP contribution in [0.25, 0.3) is 121 Å². The SMILES string of the molecule is Cc1ccc2c(c1)c1cc(C)ccc1n2-c1c(C#N)c(-n2c3ccc(C)cc3c3cc(C)ccc32)c(-n2c3ccccc3c3ccccc32)c(-c2ccccc2)c1-n1c2ccccc2c2ccccc21. The minimum absolute atomic E-state index is 0.563. The second kappa shape index (κ2) is 14.9. The van der Waals surface area contributed by atoms with Gasteiger partial charge in [-0.2, -0.15) is 5.26 Å². The monoisotopic (exact) mass is 895 g/mol. The standard InChI is InChI=1S/C65H45N5/c1-39-26-30-57-48(34-39)49-35-40(2)27-31-58(49)67(57)62-52(38-66)63(68-59-32-28-41(3)36-50(59)51-37-42(4)29-33-60(51)68)65(70-55-24-14-10-20-46(55)47-21-11-15-25-56(47)70)61(43-16-6-5-7-17-43)64(62)69-53-22-12-8-18-44(53)45-19-9-13-23-54(45)69/h5-37H,1-4H3. The number of fused-ring (bicyclic) bond motifs is 12. The third kappa shape index (κ3) is 5.53. The summed E-state index contributed by atoms with van der Waals surface area (Å²) >= 11 is 0. The maximum absolute atomic E-state index is 12.7. The lowest BCUT2D eigenvalue weighted by Crippen LogP contribution is -2.16. The molecular weight excluding hydrogens is 851 g/mol. The second-order valence-electron chi connectivity index (χ2n) is 19.1. The minimum Gasteiger partial charge on any atom is -0.306 e. The smallest absolute Gasteiger partial charge is 0.104 e. The van der Waals surface area contributed by atoms with Gasteiger partial charge >= 0.3 is 0 Å². The summed E-state index contributed by atoms with van der Waals surface area (Å²) < 4.78 is 9.75. The van der Waals surface area contributed by atoms with E-state index >= 15 is 0 Å². The van der Waals surface area contributed by atoms with Gasteiger partial charge in [0.25, 0.3) is 0 Å². The fourth-order valence-electron chi connectivity index (χ4n) is 11.9. The Kier molecular flexibility index (Phi) is 8.54. The van der Waals surface area contributed by atoms with Crippen LogP contribution >= 0.6 is 0 Å². The molecule has 0 aliphatic rings. The number of para-hydroxylation sites is 4. The summed E-state index contributed by atoms with van der Waals surface area (Å²) in [6.45, 7) is 8.67. The number of nitrogens with zero attached hydrogens (tertiary/aromatic N) is 5. The van der Waals surface area contributed by atoms with E-state index in [4.69, 9.17) is 0 Å². The third-order valence-corrected chi connectivity index (χ3v) is 14.8. The summed E-state index contributed by atoms with van der Waals surface area (Å²) in [7, 11) is 0. The highest BCUT2D eigenvalue weighted by atomic mass is 15.1. The zero-order chi connectivity index (χ0) is 46.9. The number of rotatable bonds is 5. The van der Waals surface area contributed by atoms with Crippen molar-refractivity contribution < 1.29 is 0 Å². The van der Waals surface area contributed by atoms with E-state index in [0.717, 1.165) is 121 Å². The summed E-state index contributed by atoms with van der Waals surface area (Å²) in [6.07, 6.45) is 0. The molecule has 0 fully saturated rings. The Bertz CT molecular complexity index is 4090. The molecule has 0 amide bonds. The Hall–Kier alpha value is -9.11. The molecule has 330 valence electrons. The number of hydrogen-bond donors (Lipinski definition) is 0. The van der Waals surface area contributed by atoms with Crippen LogP contribution in [-0.2, 0) is 0 Å². The Morgan fingerprint density at radius 3 is 0.871 bits per heavy atom. The molecule has 70 heavy (non-hydrogen) atoms. The summed E-state index contributed by atoms with van der Waals surface area (Å²) in [4.78, 5) is 0. The molecule has 14 aromatic rings. The maximum Gasteiger partial charge on any atom is 0.104 e. The van der Waals surface area contributed by atoms with Gasteiger partial charge in [-0.05, 0) is 106 Å². The van der Waals surface area contributed by atoms with Gasteiger partial charge in [-0.25, -0.2) is 0 Å². The predicted molar refractivity (Wildman–Crippen MR) is 293 cm³/mol. The Balaban J connectivity index is 1.36. The van der Waals surface area contributed by atoms with E-state index in [1.54, 1.807) is 0 Å². The summed E-state index contributed by atoms with van der Waals surface area (Å²) in [5, 5.41) is 21.9. The third-order valence-electron chi connectivity index (χ3n) is 14.8. The van der Waals surface area contributed by atoms with Crippen molar-refractivity contribution >= 4 is 87.2 Å². The van der Waals surface area contributed by atoms with Crippen molar-refractivity contribution in [3.63, 3.8) is 0 Å². The number of hydrogen-bond acceptors (Lipinski definition) is 1. The lowest BCUT2D eigenvalue weighted by Gasteiger charge is -2.29. The van der Waals surface area contributed by atoms with Crippen molar-refractivity contribution in [3.8, 4) is 39.9 Å². The van der Waals surface area contributed by atoms with Gasteiger partial charge in [0.2, 0.25) is 0 Å². The first kappa shape index (κ1) is 40.0. The van der Waals surface area contributed by atoms with E-state index in [0.29, 0.717) is 5.56 Å². The lowest BCUT2D eigenvalue weighted by molar-refractivity contribution is 1.04. The van der Waals surface area contributed by atoms with Crippen molar-refractivity contribution in [3.05, 3.63) is 228 Å². The molecule has 0 atom stereocenters. The van der Waals surface area contributed by atoms with Crippen molar-refractivity contribution in [1.29, 1.82) is 5.26 Å². The van der Waals surface area contributed by atoms with Crippen LogP contribution in [0.2, 0.25) is 0 Å². The summed E-state index contributed by atoms with van der Waals surface area (Å²) in [6, 6.07) is 76.0. The highest BCUT2D eigenvalue weighted by molar-refractivity contribution is 6.17. The van der Waals surface area contributed by atoms with Crippen LogP contribution in [0.5, 0.6) is 0 Å². The van der Waals surface area contributed by atoms with Gasteiger partial charge in [0.15, 0.2) is 0 Å². The molecular formula is C65H45N5. The molecule has 0 unspecified atom stereocenters. The van der Waals surface area contributed by atoms with Crippen LogP contribution in [0.3, 0.4) is 0 Å². The predicted octanol–water partition coefficient (Wildman–Crippen LogP) is 16.8. The van der Waals surface area contributed by atoms with Gasteiger partial charge in [-0.1, -0.05) is 150 Å². The van der Waals surface area contributed by atoms with Crippen molar-refractivity contribution in [1.82, 2.24) is 18.3 Å². The summed E-state index contributed by atoms with van der Waals surface area (Å²) in [5.74, 6) is 0. The van der Waals surface area contributed by atoms with Crippen LogP contribution in [0.4, 0.5) is 0 Å². The highest BCUT2D eigenvalue weighted by Gasteiger charge is 2.35. The quantitative estimate of drug-likeness (QED) is 0.170. The van der Waals surface area contributed by atoms with Gasteiger partial charge in [0.05, 0.1) is 66.9 Å². The van der Waals surface area contributed by atoms with Crippen molar-refractivity contribution in [2.45, 2.75) is 27.7 Å². The fourth-order valence-corrected chi connectivity index (χ4v) is 11.9. The molecule has 5 nitrogen and oxygen atoms in total. The van der Waals surface area contributed by atoms with E-state index in [1.165, 1.54) is 22.3 Å². The topological polar surface area (TPSA) is 43.5 Å². The van der Waals surface area contributed by atoms with Gasteiger partial charge in [0.1, 0.15) is 11.6 Å².